The van der Waals surface area contributed by atoms with Crippen molar-refractivity contribution in [3.8, 4) is 0 Å². The molecule has 0 N–H and O–H groups in total. The molecule has 1 aromatic rings. The first kappa shape index (κ1) is 12.5. The normalized spacial score (nSPS) is 10.5. The minimum absolute atomic E-state index is 0.610. The van der Waals surface area contributed by atoms with Gasteiger partial charge in [-0.2, -0.15) is 0 Å². The van der Waals surface area contributed by atoms with Gasteiger partial charge in [0, 0.05) is 5.69 Å². The maximum Gasteiger partial charge on any atom is 0.129 e. The van der Waals surface area contributed by atoms with Crippen LogP contribution < -0.4 is 0 Å². The third-order valence-electron chi connectivity index (χ3n) is 2.56. The first-order valence-corrected chi connectivity index (χ1v) is 6.32. The number of rotatable bonds is 7. The van der Waals surface area contributed by atoms with Gasteiger partial charge in [-0.25, -0.2) is 4.98 Å². The fraction of sp³-hybridized carbons (Fsp3) is 0.615. The quantitative estimate of drug-likeness (QED) is 0.487. The van der Waals surface area contributed by atoms with E-state index in [2.05, 4.69) is 18.0 Å². The molecule has 0 atom stereocenters. The van der Waals surface area contributed by atoms with Crippen LogP contribution >= 0.6 is 11.6 Å². The van der Waals surface area contributed by atoms with Crippen molar-refractivity contribution >= 4 is 11.6 Å². The fourth-order valence-corrected chi connectivity index (χ4v) is 1.86. The van der Waals surface area contributed by atoms with Gasteiger partial charge in [-0.1, -0.05) is 56.7 Å². The van der Waals surface area contributed by atoms with Crippen LogP contribution in [0.25, 0.3) is 0 Å². The molecule has 0 amide bonds. The minimum atomic E-state index is 0.610. The van der Waals surface area contributed by atoms with E-state index in [-0.39, 0.29) is 0 Å². The first-order valence-electron chi connectivity index (χ1n) is 5.94. The van der Waals surface area contributed by atoms with Gasteiger partial charge in [0.05, 0.1) is 0 Å². The summed E-state index contributed by atoms with van der Waals surface area (Å²) >= 11 is 5.82. The summed E-state index contributed by atoms with van der Waals surface area (Å²) in [5, 5.41) is 0.610. The summed E-state index contributed by atoms with van der Waals surface area (Å²) in [5.74, 6) is 0. The second-order valence-corrected chi connectivity index (χ2v) is 4.36. The number of hydrogen-bond acceptors (Lipinski definition) is 1. The highest BCUT2D eigenvalue weighted by Crippen LogP contribution is 2.10. The number of pyridine rings is 1. The summed E-state index contributed by atoms with van der Waals surface area (Å²) in [6.07, 6.45) is 9.02. The van der Waals surface area contributed by atoms with Gasteiger partial charge < -0.3 is 0 Å². The zero-order chi connectivity index (χ0) is 10.9. The molecule has 0 fully saturated rings. The zero-order valence-corrected chi connectivity index (χ0v) is 10.3. The van der Waals surface area contributed by atoms with Crippen LogP contribution in [0.15, 0.2) is 18.2 Å². The molecule has 0 unspecified atom stereocenters. The van der Waals surface area contributed by atoms with Gasteiger partial charge in [-0.3, -0.25) is 0 Å². The summed E-state index contributed by atoms with van der Waals surface area (Å²) in [6, 6.07) is 5.85. The monoisotopic (exact) mass is 225 g/mol. The SMILES string of the molecule is CCCCCCCCc1cccc(Cl)n1. The van der Waals surface area contributed by atoms with Crippen LogP contribution in [0.2, 0.25) is 5.15 Å². The Morgan fingerprint density at radius 2 is 1.80 bits per heavy atom. The number of aromatic nitrogens is 1. The van der Waals surface area contributed by atoms with E-state index in [1.54, 1.807) is 0 Å². The molecule has 84 valence electrons. The molecule has 0 aliphatic carbocycles. The lowest BCUT2D eigenvalue weighted by atomic mass is 10.1. The summed E-state index contributed by atoms with van der Waals surface area (Å²) in [4.78, 5) is 4.27. The van der Waals surface area contributed by atoms with E-state index >= 15 is 0 Å². The molecular weight excluding hydrogens is 206 g/mol. The topological polar surface area (TPSA) is 12.9 Å². The molecule has 0 aliphatic rings. The summed E-state index contributed by atoms with van der Waals surface area (Å²) in [7, 11) is 0. The van der Waals surface area contributed by atoms with Gasteiger partial charge >= 0.3 is 0 Å². The van der Waals surface area contributed by atoms with E-state index < -0.39 is 0 Å². The van der Waals surface area contributed by atoms with Crippen molar-refractivity contribution in [1.29, 1.82) is 0 Å². The smallest absolute Gasteiger partial charge is 0.129 e. The third kappa shape index (κ3) is 5.78. The van der Waals surface area contributed by atoms with Gasteiger partial charge in [0.15, 0.2) is 0 Å². The van der Waals surface area contributed by atoms with Crippen molar-refractivity contribution in [2.75, 3.05) is 0 Å². The molecule has 15 heavy (non-hydrogen) atoms. The van der Waals surface area contributed by atoms with Crippen LogP contribution in [0.1, 0.15) is 51.1 Å². The van der Waals surface area contributed by atoms with Crippen LogP contribution in [0.3, 0.4) is 0 Å². The number of nitrogens with zero attached hydrogens (tertiary/aromatic N) is 1. The van der Waals surface area contributed by atoms with Gasteiger partial charge in [-0.15, -0.1) is 0 Å². The molecule has 1 heterocycles. The maximum atomic E-state index is 5.82. The van der Waals surface area contributed by atoms with Crippen molar-refractivity contribution in [3.05, 3.63) is 29.0 Å². The van der Waals surface area contributed by atoms with E-state index in [1.165, 1.54) is 38.5 Å². The van der Waals surface area contributed by atoms with E-state index in [4.69, 9.17) is 11.6 Å². The van der Waals surface area contributed by atoms with Gasteiger partial charge in [-0.05, 0) is 25.0 Å². The molecule has 1 rings (SSSR count). The van der Waals surface area contributed by atoms with Crippen LogP contribution in [0.4, 0.5) is 0 Å². The molecule has 0 saturated carbocycles. The minimum Gasteiger partial charge on any atom is -0.241 e. The highest BCUT2D eigenvalue weighted by atomic mass is 35.5. The predicted octanol–water partition coefficient (Wildman–Crippen LogP) is 4.64. The molecule has 2 heteroatoms. The summed E-state index contributed by atoms with van der Waals surface area (Å²) in [5.41, 5.74) is 1.12. The lowest BCUT2D eigenvalue weighted by Crippen LogP contribution is -1.90. The van der Waals surface area contributed by atoms with Crippen molar-refractivity contribution < 1.29 is 0 Å². The lowest BCUT2D eigenvalue weighted by molar-refractivity contribution is 0.605. The highest BCUT2D eigenvalue weighted by Gasteiger charge is 1.96. The third-order valence-corrected chi connectivity index (χ3v) is 2.77. The summed E-state index contributed by atoms with van der Waals surface area (Å²) in [6.45, 7) is 2.25. The molecule has 0 bridgehead atoms. The van der Waals surface area contributed by atoms with Crippen LogP contribution in [0.5, 0.6) is 0 Å². The predicted molar refractivity (Wildman–Crippen MR) is 66.3 cm³/mol. The Labute approximate surface area is 97.9 Å². The Morgan fingerprint density at radius 1 is 1.07 bits per heavy atom. The number of halogens is 1. The number of aryl methyl sites for hydroxylation is 1. The van der Waals surface area contributed by atoms with Crippen LogP contribution in [0, 0.1) is 0 Å². The average molecular weight is 226 g/mol. The van der Waals surface area contributed by atoms with Crippen LogP contribution in [-0.2, 0) is 6.42 Å². The van der Waals surface area contributed by atoms with Gasteiger partial charge in [0.1, 0.15) is 5.15 Å². The van der Waals surface area contributed by atoms with Gasteiger partial charge in [0.25, 0.3) is 0 Å². The number of hydrogen-bond donors (Lipinski definition) is 0. The molecule has 1 aromatic heterocycles. The molecule has 0 aromatic carbocycles. The molecular formula is C13H20ClN. The highest BCUT2D eigenvalue weighted by molar-refractivity contribution is 6.29. The average Bonchev–Trinajstić information content (AvgIpc) is 2.23. The second kappa shape index (κ2) is 7.70. The van der Waals surface area contributed by atoms with Crippen LogP contribution in [-0.4, -0.2) is 4.98 Å². The van der Waals surface area contributed by atoms with E-state index in [0.29, 0.717) is 5.15 Å². The second-order valence-electron chi connectivity index (χ2n) is 3.97. The molecule has 0 radical (unpaired) electrons. The zero-order valence-electron chi connectivity index (χ0n) is 9.51. The Bertz CT molecular complexity index is 273. The molecule has 1 nitrogen and oxygen atoms in total. The van der Waals surface area contributed by atoms with Crippen molar-refractivity contribution in [2.45, 2.75) is 51.9 Å². The van der Waals surface area contributed by atoms with Gasteiger partial charge in [0.2, 0.25) is 0 Å². The number of unbranched alkanes of at least 4 members (excludes halogenated alkanes) is 5. The summed E-state index contributed by atoms with van der Waals surface area (Å²) < 4.78 is 0. The molecule has 0 aliphatic heterocycles. The Balaban J connectivity index is 2.10. The Kier molecular flexibility index (Phi) is 6.42. The lowest BCUT2D eigenvalue weighted by Gasteiger charge is -2.01. The van der Waals surface area contributed by atoms with E-state index in [1.807, 2.05) is 12.1 Å². The standard InChI is InChI=1S/C13H20ClN/c1-2-3-4-5-6-7-9-12-10-8-11-13(14)15-12/h8,10-11H,2-7,9H2,1H3. The molecule has 0 saturated heterocycles. The largest absolute Gasteiger partial charge is 0.241 e. The first-order chi connectivity index (χ1) is 7.33. The van der Waals surface area contributed by atoms with Crippen molar-refractivity contribution in [2.24, 2.45) is 0 Å². The van der Waals surface area contributed by atoms with Crippen molar-refractivity contribution in [3.63, 3.8) is 0 Å². The van der Waals surface area contributed by atoms with E-state index in [9.17, 15) is 0 Å². The Morgan fingerprint density at radius 3 is 2.53 bits per heavy atom. The van der Waals surface area contributed by atoms with E-state index in [0.717, 1.165) is 12.1 Å². The Hall–Kier alpha value is -0.560. The maximum absolute atomic E-state index is 5.82. The fourth-order valence-electron chi connectivity index (χ4n) is 1.68. The van der Waals surface area contributed by atoms with Crippen molar-refractivity contribution in [1.82, 2.24) is 4.98 Å². The molecule has 0 spiro atoms.